The number of nitrogens with one attached hydrogen (secondary N) is 2. The highest BCUT2D eigenvalue weighted by Gasteiger charge is 2.04. The van der Waals surface area contributed by atoms with E-state index in [1.54, 1.807) is 30.3 Å². The van der Waals surface area contributed by atoms with Gasteiger partial charge in [-0.3, -0.25) is 4.79 Å². The van der Waals surface area contributed by atoms with Crippen molar-refractivity contribution in [2.45, 2.75) is 0 Å². The number of rotatable bonds is 6. The summed E-state index contributed by atoms with van der Waals surface area (Å²) in [6, 6.07) is 9.92. The number of methoxy groups -OCH3 is 1. The SMILES string of the molecule is COc1ccc(O)c(C=NNC(=O)CNc2ccc(Cl)cc2Br)c1. The van der Waals surface area contributed by atoms with Gasteiger partial charge in [0.15, 0.2) is 0 Å². The lowest BCUT2D eigenvalue weighted by molar-refractivity contribution is -0.119. The van der Waals surface area contributed by atoms with Gasteiger partial charge in [-0.25, -0.2) is 5.43 Å². The summed E-state index contributed by atoms with van der Waals surface area (Å²) in [7, 11) is 1.52. The second-order valence-electron chi connectivity index (χ2n) is 4.70. The maximum Gasteiger partial charge on any atom is 0.259 e. The highest BCUT2D eigenvalue weighted by molar-refractivity contribution is 9.10. The van der Waals surface area contributed by atoms with E-state index < -0.39 is 0 Å². The summed E-state index contributed by atoms with van der Waals surface area (Å²) < 4.78 is 5.82. The van der Waals surface area contributed by atoms with E-state index in [0.717, 1.165) is 10.2 Å². The third-order valence-electron chi connectivity index (χ3n) is 3.00. The number of hydrogen-bond acceptors (Lipinski definition) is 5. The quantitative estimate of drug-likeness (QED) is 0.502. The summed E-state index contributed by atoms with van der Waals surface area (Å²) in [5.74, 6) is 0.280. The van der Waals surface area contributed by atoms with Crippen LogP contribution in [0.1, 0.15) is 5.56 Å². The fourth-order valence-electron chi connectivity index (χ4n) is 1.78. The molecule has 0 spiro atoms. The molecule has 126 valence electrons. The molecule has 0 fully saturated rings. The van der Waals surface area contributed by atoms with Gasteiger partial charge in [-0.2, -0.15) is 5.10 Å². The number of benzene rings is 2. The number of anilines is 1. The molecule has 1 amide bonds. The van der Waals surface area contributed by atoms with Crippen LogP contribution in [0.2, 0.25) is 5.02 Å². The molecule has 2 aromatic rings. The van der Waals surface area contributed by atoms with E-state index in [-0.39, 0.29) is 18.2 Å². The van der Waals surface area contributed by atoms with E-state index in [0.29, 0.717) is 16.3 Å². The number of halogens is 2. The van der Waals surface area contributed by atoms with Crippen LogP contribution in [-0.2, 0) is 4.79 Å². The zero-order chi connectivity index (χ0) is 17.5. The van der Waals surface area contributed by atoms with E-state index in [1.165, 1.54) is 19.4 Å². The van der Waals surface area contributed by atoms with Gasteiger partial charge in [0.25, 0.3) is 5.91 Å². The normalized spacial score (nSPS) is 10.6. The van der Waals surface area contributed by atoms with Gasteiger partial charge in [0.1, 0.15) is 11.5 Å². The van der Waals surface area contributed by atoms with Crippen LogP contribution in [0.25, 0.3) is 0 Å². The van der Waals surface area contributed by atoms with E-state index in [9.17, 15) is 9.90 Å². The average molecular weight is 413 g/mol. The predicted octanol–water partition coefficient (Wildman–Crippen LogP) is 3.38. The van der Waals surface area contributed by atoms with Gasteiger partial charge >= 0.3 is 0 Å². The lowest BCUT2D eigenvalue weighted by Gasteiger charge is -2.07. The minimum Gasteiger partial charge on any atom is -0.507 e. The number of carbonyl (C=O) groups excluding carboxylic acids is 1. The van der Waals surface area contributed by atoms with Crippen molar-refractivity contribution in [2.75, 3.05) is 19.0 Å². The summed E-state index contributed by atoms with van der Waals surface area (Å²) in [6.45, 7) is 0.0294. The number of aromatic hydroxyl groups is 1. The zero-order valence-corrected chi connectivity index (χ0v) is 15.1. The van der Waals surface area contributed by atoms with Gasteiger partial charge < -0.3 is 15.2 Å². The fraction of sp³-hybridized carbons (Fsp3) is 0.125. The first-order valence-electron chi connectivity index (χ1n) is 6.87. The maximum absolute atomic E-state index is 11.8. The Morgan fingerprint density at radius 3 is 2.88 bits per heavy atom. The topological polar surface area (TPSA) is 83.0 Å². The average Bonchev–Trinajstić information content (AvgIpc) is 2.55. The van der Waals surface area contributed by atoms with Crippen molar-refractivity contribution in [1.82, 2.24) is 5.43 Å². The lowest BCUT2D eigenvalue weighted by atomic mass is 10.2. The molecular weight excluding hydrogens is 398 g/mol. The summed E-state index contributed by atoms with van der Waals surface area (Å²) in [6.07, 6.45) is 1.34. The molecule has 2 aromatic carbocycles. The van der Waals surface area contributed by atoms with Gasteiger partial charge in [0.05, 0.1) is 19.9 Å². The second-order valence-corrected chi connectivity index (χ2v) is 5.99. The molecule has 0 aliphatic heterocycles. The van der Waals surface area contributed by atoms with E-state index in [2.05, 4.69) is 31.8 Å². The van der Waals surface area contributed by atoms with Crippen LogP contribution in [0.5, 0.6) is 11.5 Å². The number of nitrogens with zero attached hydrogens (tertiary/aromatic N) is 1. The Hall–Kier alpha value is -2.25. The highest BCUT2D eigenvalue weighted by atomic mass is 79.9. The molecule has 0 aliphatic rings. The van der Waals surface area contributed by atoms with Crippen LogP contribution in [0, 0.1) is 0 Å². The monoisotopic (exact) mass is 411 g/mol. The predicted molar refractivity (Wildman–Crippen MR) is 98.0 cm³/mol. The number of phenols is 1. The number of amides is 1. The van der Waals surface area contributed by atoms with Crippen LogP contribution >= 0.6 is 27.5 Å². The van der Waals surface area contributed by atoms with Gasteiger partial charge in [-0.1, -0.05) is 11.6 Å². The van der Waals surface area contributed by atoms with Crippen molar-refractivity contribution in [3.63, 3.8) is 0 Å². The first kappa shape index (κ1) is 18.1. The number of carbonyl (C=O) groups is 1. The Kier molecular flexibility index (Phi) is 6.45. The minimum atomic E-state index is -0.338. The molecule has 3 N–H and O–H groups in total. The Labute approximate surface area is 152 Å². The Morgan fingerprint density at radius 1 is 1.38 bits per heavy atom. The minimum absolute atomic E-state index is 0.0294. The van der Waals surface area contributed by atoms with Crippen molar-refractivity contribution >= 4 is 45.3 Å². The van der Waals surface area contributed by atoms with Gasteiger partial charge in [-0.15, -0.1) is 0 Å². The molecule has 2 rings (SSSR count). The first-order chi connectivity index (χ1) is 11.5. The largest absolute Gasteiger partial charge is 0.507 e. The van der Waals surface area contributed by atoms with Crippen molar-refractivity contribution in [3.05, 3.63) is 51.5 Å². The number of phenolic OH excluding ortho intramolecular Hbond substituents is 1. The van der Waals surface area contributed by atoms with Crippen LogP contribution in [0.4, 0.5) is 5.69 Å². The molecule has 0 aliphatic carbocycles. The Bertz CT molecular complexity index is 768. The molecule has 0 aromatic heterocycles. The van der Waals surface area contributed by atoms with Gasteiger partial charge in [-0.05, 0) is 52.3 Å². The molecule has 6 nitrogen and oxygen atoms in total. The molecule has 8 heteroatoms. The third kappa shape index (κ3) is 5.14. The van der Waals surface area contributed by atoms with Crippen LogP contribution in [0.15, 0.2) is 46.0 Å². The smallest absolute Gasteiger partial charge is 0.259 e. The molecular formula is C16H15BrClN3O3. The first-order valence-corrected chi connectivity index (χ1v) is 8.04. The van der Waals surface area contributed by atoms with Crippen LogP contribution in [0.3, 0.4) is 0 Å². The summed E-state index contributed by atoms with van der Waals surface area (Å²) in [4.78, 5) is 11.8. The molecule has 0 unspecified atom stereocenters. The summed E-state index contributed by atoms with van der Waals surface area (Å²) in [5.41, 5.74) is 3.54. The lowest BCUT2D eigenvalue weighted by Crippen LogP contribution is -2.26. The molecule has 0 bridgehead atoms. The summed E-state index contributed by atoms with van der Waals surface area (Å²) in [5, 5.41) is 17.1. The standard InChI is InChI=1S/C16H15BrClN3O3/c1-24-12-3-5-15(22)10(6-12)8-20-21-16(23)9-19-14-4-2-11(18)7-13(14)17/h2-8,19,22H,9H2,1H3,(H,21,23). The molecule has 0 heterocycles. The number of hydrogen-bond donors (Lipinski definition) is 3. The highest BCUT2D eigenvalue weighted by Crippen LogP contribution is 2.25. The van der Waals surface area contributed by atoms with Crippen molar-refractivity contribution in [1.29, 1.82) is 0 Å². The van der Waals surface area contributed by atoms with Gasteiger partial charge in [0.2, 0.25) is 0 Å². The molecule has 24 heavy (non-hydrogen) atoms. The van der Waals surface area contributed by atoms with Crippen LogP contribution in [-0.4, -0.2) is 30.9 Å². The Balaban J connectivity index is 1.89. The maximum atomic E-state index is 11.8. The van der Waals surface area contributed by atoms with Gasteiger partial charge in [0, 0.05) is 20.7 Å². The fourth-order valence-corrected chi connectivity index (χ4v) is 2.61. The van der Waals surface area contributed by atoms with Crippen molar-refractivity contribution < 1.29 is 14.6 Å². The molecule has 0 saturated carbocycles. The molecule has 0 atom stereocenters. The number of ether oxygens (including phenoxy) is 1. The Morgan fingerprint density at radius 2 is 2.17 bits per heavy atom. The van der Waals surface area contributed by atoms with E-state index in [1.807, 2.05) is 0 Å². The van der Waals surface area contributed by atoms with Crippen molar-refractivity contribution in [3.8, 4) is 11.5 Å². The van der Waals surface area contributed by atoms with Crippen LogP contribution < -0.4 is 15.5 Å². The summed E-state index contributed by atoms with van der Waals surface area (Å²) >= 11 is 9.21. The number of hydrazone groups is 1. The molecule has 0 saturated heterocycles. The molecule has 0 radical (unpaired) electrons. The zero-order valence-electron chi connectivity index (χ0n) is 12.7. The van der Waals surface area contributed by atoms with E-state index in [4.69, 9.17) is 16.3 Å². The third-order valence-corrected chi connectivity index (χ3v) is 3.89. The van der Waals surface area contributed by atoms with E-state index >= 15 is 0 Å². The van der Waals surface area contributed by atoms with Crippen molar-refractivity contribution in [2.24, 2.45) is 5.10 Å². The second kappa shape index (κ2) is 8.56.